The van der Waals surface area contributed by atoms with Crippen molar-refractivity contribution >= 4 is 16.8 Å². The number of carbonyl (C=O) groups excluding carboxylic acids is 1. The van der Waals surface area contributed by atoms with Gasteiger partial charge in [-0.2, -0.15) is 0 Å². The van der Waals surface area contributed by atoms with Crippen LogP contribution in [-0.2, 0) is 26.1 Å². The van der Waals surface area contributed by atoms with E-state index < -0.39 is 6.10 Å². The monoisotopic (exact) mass is 623 g/mol. The highest BCUT2D eigenvalue weighted by atomic mass is 16.5. The number of benzene rings is 4. The first-order valence-corrected chi connectivity index (χ1v) is 15.3. The summed E-state index contributed by atoms with van der Waals surface area (Å²) < 4.78 is 13.1. The highest BCUT2D eigenvalue weighted by Gasteiger charge is 2.19. The van der Waals surface area contributed by atoms with E-state index in [1.807, 2.05) is 59.2 Å². The maximum absolute atomic E-state index is 13.7. The van der Waals surface area contributed by atoms with E-state index >= 15 is 0 Å². The fraction of sp³-hybridized carbons (Fsp3) is 0.270. The third-order valence-electron chi connectivity index (χ3n) is 8.20. The number of phenols is 1. The summed E-state index contributed by atoms with van der Waals surface area (Å²) in [7, 11) is 3.19. The zero-order valence-electron chi connectivity index (χ0n) is 26.4. The molecule has 0 saturated heterocycles. The van der Waals surface area contributed by atoms with Crippen molar-refractivity contribution in [3.05, 3.63) is 125 Å². The Labute approximate surface area is 269 Å². The number of hydrogen-bond donors (Lipinski definition) is 5. The smallest absolute Gasteiger partial charge is 0.268 e. The van der Waals surface area contributed by atoms with Crippen molar-refractivity contribution in [1.82, 2.24) is 15.2 Å². The molecule has 0 aliphatic heterocycles. The number of methoxy groups -OCH3 is 2. The third-order valence-corrected chi connectivity index (χ3v) is 8.20. The van der Waals surface area contributed by atoms with Gasteiger partial charge < -0.3 is 40.0 Å². The Hall–Kier alpha value is -4.83. The first kappa shape index (κ1) is 32.6. The predicted octanol–water partition coefficient (Wildman–Crippen LogP) is 5.09. The predicted molar refractivity (Wildman–Crippen MR) is 178 cm³/mol. The van der Waals surface area contributed by atoms with E-state index in [-0.39, 0.29) is 30.9 Å². The molecule has 0 fully saturated rings. The van der Waals surface area contributed by atoms with Crippen molar-refractivity contribution in [2.75, 3.05) is 20.8 Å². The van der Waals surface area contributed by atoms with E-state index in [0.717, 1.165) is 27.6 Å². The molecular weight excluding hydrogens is 582 g/mol. The van der Waals surface area contributed by atoms with Crippen molar-refractivity contribution in [1.29, 1.82) is 0 Å². The summed E-state index contributed by atoms with van der Waals surface area (Å²) in [6, 6.07) is 28.6. The second-order valence-corrected chi connectivity index (χ2v) is 11.4. The summed E-state index contributed by atoms with van der Waals surface area (Å²) in [4.78, 5) is 13.7. The Morgan fingerprint density at radius 1 is 0.891 bits per heavy atom. The summed E-state index contributed by atoms with van der Waals surface area (Å²) in [5.74, 6) is 1.08. The third kappa shape index (κ3) is 7.51. The molecule has 0 aliphatic carbocycles. The maximum atomic E-state index is 13.7. The van der Waals surface area contributed by atoms with Crippen LogP contribution >= 0.6 is 0 Å². The molecule has 5 aromatic rings. The Morgan fingerprint density at radius 3 is 2.33 bits per heavy atom. The molecule has 0 unspecified atom stereocenters. The Bertz CT molecular complexity index is 1760. The maximum Gasteiger partial charge on any atom is 0.268 e. The van der Waals surface area contributed by atoms with Crippen LogP contribution in [0.4, 0.5) is 0 Å². The highest BCUT2D eigenvalue weighted by Crippen LogP contribution is 2.29. The molecule has 0 aliphatic rings. The first-order chi connectivity index (χ1) is 22.3. The lowest BCUT2D eigenvalue weighted by atomic mass is 10.0. The second kappa shape index (κ2) is 15.0. The van der Waals surface area contributed by atoms with Crippen LogP contribution in [0.3, 0.4) is 0 Å². The number of hydrogen-bond acceptors (Lipinski definition) is 7. The van der Waals surface area contributed by atoms with Crippen molar-refractivity contribution < 1.29 is 29.6 Å². The van der Waals surface area contributed by atoms with Crippen LogP contribution in [0.5, 0.6) is 17.2 Å². The molecule has 1 aromatic heterocycles. The van der Waals surface area contributed by atoms with E-state index in [4.69, 9.17) is 9.47 Å². The fourth-order valence-corrected chi connectivity index (χ4v) is 5.73. The highest BCUT2D eigenvalue weighted by molar-refractivity contribution is 5.99. The number of rotatable bonds is 14. The van der Waals surface area contributed by atoms with Gasteiger partial charge in [0, 0.05) is 35.6 Å². The molecule has 1 heterocycles. The van der Waals surface area contributed by atoms with Crippen molar-refractivity contribution in [3.8, 4) is 17.2 Å². The minimum Gasteiger partial charge on any atom is -0.508 e. The van der Waals surface area contributed by atoms with Gasteiger partial charge in [0.25, 0.3) is 5.91 Å². The topological polar surface area (TPSA) is 125 Å². The van der Waals surface area contributed by atoms with Gasteiger partial charge in [-0.3, -0.25) is 4.79 Å². The first-order valence-electron chi connectivity index (χ1n) is 15.3. The number of fused-ring (bicyclic) bond motifs is 1. The average molecular weight is 624 g/mol. The molecule has 4 aromatic carbocycles. The molecule has 46 heavy (non-hydrogen) atoms. The van der Waals surface area contributed by atoms with Crippen molar-refractivity contribution in [2.24, 2.45) is 0 Å². The van der Waals surface area contributed by atoms with Crippen LogP contribution in [0, 0.1) is 0 Å². The Morgan fingerprint density at radius 2 is 1.63 bits per heavy atom. The molecule has 240 valence electrons. The summed E-state index contributed by atoms with van der Waals surface area (Å²) >= 11 is 0. The Kier molecular flexibility index (Phi) is 10.6. The van der Waals surface area contributed by atoms with Gasteiger partial charge in [-0.15, -0.1) is 0 Å². The summed E-state index contributed by atoms with van der Waals surface area (Å²) in [5.41, 5.74) is 5.45. The molecule has 0 saturated carbocycles. The van der Waals surface area contributed by atoms with Gasteiger partial charge in [-0.1, -0.05) is 48.5 Å². The normalized spacial score (nSPS) is 12.5. The number of nitrogens with zero attached hydrogens (tertiary/aromatic N) is 1. The van der Waals surface area contributed by atoms with E-state index in [0.29, 0.717) is 47.8 Å². The number of nitrogens with one attached hydrogen (secondary N) is 2. The molecule has 0 bridgehead atoms. The van der Waals surface area contributed by atoms with Gasteiger partial charge >= 0.3 is 0 Å². The van der Waals surface area contributed by atoms with Gasteiger partial charge in [0.15, 0.2) is 0 Å². The average Bonchev–Trinajstić information content (AvgIpc) is 3.43. The number of aromatic hydroxyl groups is 1. The molecule has 5 rings (SSSR count). The van der Waals surface area contributed by atoms with Crippen LogP contribution in [0.25, 0.3) is 10.9 Å². The minimum atomic E-state index is -0.792. The second-order valence-electron chi connectivity index (χ2n) is 11.4. The quantitative estimate of drug-likeness (QED) is 0.117. The molecule has 1 amide bonds. The number of aromatic nitrogens is 1. The van der Waals surface area contributed by atoms with Crippen LogP contribution in [0.15, 0.2) is 91.0 Å². The lowest BCUT2D eigenvalue weighted by Gasteiger charge is -2.18. The molecule has 9 heteroatoms. The lowest BCUT2D eigenvalue weighted by Crippen LogP contribution is -2.32. The lowest BCUT2D eigenvalue weighted by molar-refractivity contribution is 0.0942. The largest absolute Gasteiger partial charge is 0.508 e. The van der Waals surface area contributed by atoms with Crippen LogP contribution in [0.1, 0.15) is 51.3 Å². The number of amides is 1. The zero-order chi connectivity index (χ0) is 32.6. The fourth-order valence-electron chi connectivity index (χ4n) is 5.73. The molecule has 2 atom stereocenters. The van der Waals surface area contributed by atoms with Gasteiger partial charge in [0.05, 0.1) is 39.0 Å². The van der Waals surface area contributed by atoms with E-state index in [1.165, 1.54) is 6.07 Å². The van der Waals surface area contributed by atoms with Crippen LogP contribution in [0.2, 0.25) is 0 Å². The standard InChI is InChI=1S/C37H41N3O6/c1-24(38-21-34(43)27-13-15-33(42)29(18-27)23-41)16-26-12-14-31-28(17-26)19-32(40(31)22-25-8-5-4-6-9-25)37(44)39-20-30-35(45-2)10-7-11-36(30)46-3/h4-15,17-19,24,34,38,41-43H,16,20-23H2,1-3H3,(H,39,44)/t24-,34+/m1/s1. The van der Waals surface area contributed by atoms with Gasteiger partial charge in [0.1, 0.15) is 22.9 Å². The SMILES string of the molecule is COc1cccc(OC)c1CNC(=O)c1cc2cc(C[C@@H](C)NC[C@H](O)c3ccc(O)c(CO)c3)ccc2n1Cc1ccccc1. The number of ether oxygens (including phenoxy) is 2. The molecule has 5 N–H and O–H groups in total. The molecule has 0 radical (unpaired) electrons. The zero-order valence-corrected chi connectivity index (χ0v) is 26.4. The van der Waals surface area contributed by atoms with Crippen LogP contribution in [-0.4, -0.2) is 52.6 Å². The van der Waals surface area contributed by atoms with E-state index in [2.05, 4.69) is 35.8 Å². The number of aliphatic hydroxyl groups is 2. The van der Waals surface area contributed by atoms with E-state index in [1.54, 1.807) is 26.4 Å². The van der Waals surface area contributed by atoms with Gasteiger partial charge in [-0.05, 0) is 72.5 Å². The van der Waals surface area contributed by atoms with Gasteiger partial charge in [-0.25, -0.2) is 0 Å². The number of aliphatic hydroxyl groups excluding tert-OH is 2. The number of carbonyl (C=O) groups is 1. The Balaban J connectivity index is 1.34. The molecule has 9 nitrogen and oxygen atoms in total. The summed E-state index contributed by atoms with van der Waals surface area (Å²) in [6.45, 7) is 2.85. The minimum absolute atomic E-state index is 0.00469. The summed E-state index contributed by atoms with van der Waals surface area (Å²) in [5, 5.41) is 37.3. The summed E-state index contributed by atoms with van der Waals surface area (Å²) in [6.07, 6.45) is -0.0844. The molecular formula is C37H41N3O6. The van der Waals surface area contributed by atoms with Crippen molar-refractivity contribution in [3.63, 3.8) is 0 Å². The van der Waals surface area contributed by atoms with Crippen LogP contribution < -0.4 is 20.1 Å². The van der Waals surface area contributed by atoms with E-state index in [9.17, 15) is 20.1 Å². The van der Waals surface area contributed by atoms with Crippen molar-refractivity contribution in [2.45, 2.75) is 45.2 Å². The molecule has 0 spiro atoms. The van der Waals surface area contributed by atoms with Gasteiger partial charge in [0.2, 0.25) is 0 Å².